The molecule has 0 saturated heterocycles. The summed E-state index contributed by atoms with van der Waals surface area (Å²) in [6.45, 7) is 5.08. The highest BCUT2D eigenvalue weighted by Gasteiger charge is 2.27. The number of ether oxygens (including phenoxy) is 3. The average molecular weight is 856 g/mol. The summed E-state index contributed by atoms with van der Waals surface area (Å²) in [6.07, 6.45) is -2.47. The van der Waals surface area contributed by atoms with Gasteiger partial charge in [0.1, 0.15) is 31.6 Å². The number of phenolic OH excluding ortho intramolecular Hbond substituents is 1. The zero-order chi connectivity index (χ0) is 45.0. The van der Waals surface area contributed by atoms with Crippen molar-refractivity contribution in [2.45, 2.75) is 71.9 Å². The third kappa shape index (κ3) is 16.1. The molecule has 63 heavy (non-hydrogen) atoms. The third-order valence-electron chi connectivity index (χ3n) is 9.94. The number of aryl methyl sites for hydroxylation is 2. The van der Waals surface area contributed by atoms with E-state index in [4.69, 9.17) is 14.2 Å². The number of hydrogen-bond acceptors (Lipinski definition) is 10. The lowest BCUT2D eigenvalue weighted by atomic mass is 9.91. The molecule has 0 radical (unpaired) electrons. The lowest BCUT2D eigenvalue weighted by Gasteiger charge is -2.22. The van der Waals surface area contributed by atoms with Gasteiger partial charge in [0.05, 0.1) is 6.04 Å². The van der Waals surface area contributed by atoms with Gasteiger partial charge in [0.25, 0.3) is 0 Å². The second-order valence-corrected chi connectivity index (χ2v) is 15.0. The molecule has 0 aromatic heterocycles. The Hall–Kier alpha value is -7.48. The number of phenols is 1. The van der Waals surface area contributed by atoms with Crippen LogP contribution >= 0.6 is 0 Å². The van der Waals surface area contributed by atoms with Crippen LogP contribution in [0.1, 0.15) is 52.3 Å². The van der Waals surface area contributed by atoms with Gasteiger partial charge < -0.3 is 30.0 Å². The molecular formula is C49H53N5O9. The van der Waals surface area contributed by atoms with E-state index in [0.29, 0.717) is 34.2 Å². The molecule has 0 spiro atoms. The lowest BCUT2D eigenvalue weighted by Crippen LogP contribution is -2.47. The van der Waals surface area contributed by atoms with Crippen molar-refractivity contribution >= 4 is 35.9 Å². The number of alkyl carbamates (subject to hydrolysis) is 3. The van der Waals surface area contributed by atoms with Crippen LogP contribution in [0.15, 0.2) is 138 Å². The minimum absolute atomic E-state index is 0.00966. The number of carbonyl (C=O) groups excluding carboxylic acids is 5. The van der Waals surface area contributed by atoms with Crippen molar-refractivity contribution in [3.8, 4) is 5.75 Å². The van der Waals surface area contributed by atoms with E-state index in [9.17, 15) is 29.1 Å². The minimum atomic E-state index is -1.24. The van der Waals surface area contributed by atoms with E-state index in [1.54, 1.807) is 81.4 Å². The van der Waals surface area contributed by atoms with Crippen molar-refractivity contribution in [2.24, 2.45) is 10.9 Å². The van der Waals surface area contributed by atoms with Gasteiger partial charge in [0, 0.05) is 25.3 Å². The Morgan fingerprint density at radius 1 is 0.603 bits per heavy atom. The molecule has 1 unspecified atom stereocenters. The fourth-order valence-corrected chi connectivity index (χ4v) is 6.61. The monoisotopic (exact) mass is 855 g/mol. The second kappa shape index (κ2) is 24.1. The van der Waals surface area contributed by atoms with Crippen molar-refractivity contribution in [2.75, 3.05) is 6.54 Å². The zero-order valence-corrected chi connectivity index (χ0v) is 35.5. The van der Waals surface area contributed by atoms with E-state index in [1.165, 1.54) is 0 Å². The second-order valence-electron chi connectivity index (χ2n) is 15.0. The minimum Gasteiger partial charge on any atom is -0.508 e. The molecule has 5 aromatic rings. The van der Waals surface area contributed by atoms with E-state index in [2.05, 4.69) is 26.3 Å². The summed E-state index contributed by atoms with van der Waals surface area (Å²) in [6, 6.07) is 38.0. The molecule has 5 rings (SSSR count). The summed E-state index contributed by atoms with van der Waals surface area (Å²) in [5.41, 5.74) is 5.22. The Bertz CT molecular complexity index is 2230. The van der Waals surface area contributed by atoms with Crippen LogP contribution in [0.2, 0.25) is 0 Å². The maximum absolute atomic E-state index is 14.3. The molecule has 14 nitrogen and oxygen atoms in total. The molecule has 0 aliphatic heterocycles. The number of nitrogens with zero attached hydrogens (tertiary/aromatic N) is 1. The number of hydrogen-bond donors (Lipinski definition) is 5. The number of nitrogens with one attached hydrogen (secondary N) is 4. The average Bonchev–Trinajstić information content (AvgIpc) is 3.28. The Labute approximate surface area is 367 Å². The van der Waals surface area contributed by atoms with Crippen LogP contribution in [0, 0.1) is 19.8 Å². The molecule has 14 heteroatoms. The first-order chi connectivity index (χ1) is 30.4. The molecule has 0 aliphatic rings. The van der Waals surface area contributed by atoms with Crippen molar-refractivity contribution in [1.82, 2.24) is 21.3 Å². The first-order valence-corrected chi connectivity index (χ1v) is 20.6. The fraction of sp³-hybridized carbons (Fsp3) is 0.265. The standard InChI is InChI=1S/C49H53N5O9/c1-33-24-41(55)25-34(2)42(33)28-43(52-46(53-48(59)62-31-38-20-12-6-13-21-38)54-49(60)63-32-39-22-14-7-15-23-39)44(56)26-35(3)45(57)50-29-40(27-36-16-8-4-9-17-36)51-47(58)61-30-37-18-10-5-11-19-37/h4-25,35,40,43,55H,26-32H2,1-3H3,(H,50,57)(H,51,58)(H2,52,53,54,59,60)/t35-,40?,43-/m0/s1. The number of benzene rings is 5. The molecule has 5 aromatic carbocycles. The van der Waals surface area contributed by atoms with E-state index < -0.39 is 53.9 Å². The van der Waals surface area contributed by atoms with Crippen molar-refractivity contribution in [3.63, 3.8) is 0 Å². The van der Waals surface area contributed by atoms with Crippen LogP contribution in [0.25, 0.3) is 0 Å². The Morgan fingerprint density at radius 2 is 1.03 bits per heavy atom. The highest BCUT2D eigenvalue weighted by atomic mass is 16.6. The van der Waals surface area contributed by atoms with Gasteiger partial charge in [-0.2, -0.15) is 0 Å². The van der Waals surface area contributed by atoms with Crippen molar-refractivity contribution in [3.05, 3.63) is 172 Å². The number of Topliss-reactive ketones (excluding diaryl/α,β-unsaturated/α-hetero) is 1. The van der Waals surface area contributed by atoms with Gasteiger partial charge >= 0.3 is 18.3 Å². The summed E-state index contributed by atoms with van der Waals surface area (Å²) >= 11 is 0. The summed E-state index contributed by atoms with van der Waals surface area (Å²) < 4.78 is 16.2. The SMILES string of the molecule is Cc1cc(O)cc(C)c1C[C@H](N=C(NC(=O)OCc1ccccc1)NC(=O)OCc1ccccc1)C(=O)C[C@H](C)C(=O)NCC(Cc1ccccc1)NC(=O)OCc1ccccc1. The molecule has 0 aliphatic carbocycles. The van der Waals surface area contributed by atoms with E-state index >= 15 is 0 Å². The molecule has 0 saturated carbocycles. The van der Waals surface area contributed by atoms with Crippen LogP contribution < -0.4 is 21.3 Å². The topological polar surface area (TPSA) is 194 Å². The Morgan fingerprint density at radius 3 is 1.49 bits per heavy atom. The smallest absolute Gasteiger partial charge is 0.414 e. The van der Waals surface area contributed by atoms with Crippen LogP contribution in [-0.4, -0.2) is 59.7 Å². The maximum atomic E-state index is 14.3. The Kier molecular flexibility index (Phi) is 17.8. The summed E-state index contributed by atoms with van der Waals surface area (Å²) in [5.74, 6) is -2.17. The number of aliphatic imine (C=N–C) groups is 1. The lowest BCUT2D eigenvalue weighted by molar-refractivity contribution is -0.129. The van der Waals surface area contributed by atoms with Crippen molar-refractivity contribution < 1.29 is 43.3 Å². The molecule has 4 amide bonds. The molecule has 3 atom stereocenters. The third-order valence-corrected chi connectivity index (χ3v) is 9.94. The summed E-state index contributed by atoms with van der Waals surface area (Å²) in [4.78, 5) is 71.6. The first-order valence-electron chi connectivity index (χ1n) is 20.6. The molecule has 328 valence electrons. The van der Waals surface area contributed by atoms with Crippen LogP contribution in [0.5, 0.6) is 5.75 Å². The molecule has 5 N–H and O–H groups in total. The van der Waals surface area contributed by atoms with E-state index in [1.807, 2.05) is 72.8 Å². The molecule has 0 fully saturated rings. The molecule has 0 heterocycles. The molecular weight excluding hydrogens is 803 g/mol. The Balaban J connectivity index is 1.32. The fourth-order valence-electron chi connectivity index (χ4n) is 6.61. The van der Waals surface area contributed by atoms with Gasteiger partial charge in [-0.1, -0.05) is 128 Å². The van der Waals surface area contributed by atoms with Gasteiger partial charge in [0.15, 0.2) is 5.78 Å². The maximum Gasteiger partial charge on any atom is 0.414 e. The number of rotatable bonds is 18. The summed E-state index contributed by atoms with van der Waals surface area (Å²) in [7, 11) is 0. The number of guanidine groups is 1. The normalized spacial score (nSPS) is 12.0. The van der Waals surface area contributed by atoms with E-state index in [0.717, 1.165) is 11.1 Å². The predicted octanol–water partition coefficient (Wildman–Crippen LogP) is 7.38. The quantitative estimate of drug-likeness (QED) is 0.0340. The van der Waals surface area contributed by atoms with Gasteiger partial charge in [-0.05, 0) is 71.3 Å². The zero-order valence-electron chi connectivity index (χ0n) is 35.5. The number of aromatic hydroxyl groups is 1. The number of carbonyl (C=O) groups is 5. The predicted molar refractivity (Wildman–Crippen MR) is 238 cm³/mol. The highest BCUT2D eigenvalue weighted by molar-refractivity contribution is 6.02. The first kappa shape index (κ1) is 46.6. The number of ketones is 1. The van der Waals surface area contributed by atoms with Crippen LogP contribution in [-0.2, 0) is 56.5 Å². The van der Waals surface area contributed by atoms with Crippen LogP contribution in [0.4, 0.5) is 14.4 Å². The summed E-state index contributed by atoms with van der Waals surface area (Å²) in [5, 5.41) is 20.9. The number of amides is 4. The van der Waals surface area contributed by atoms with E-state index in [-0.39, 0.29) is 45.0 Å². The van der Waals surface area contributed by atoms with Crippen molar-refractivity contribution in [1.29, 1.82) is 0 Å². The highest BCUT2D eigenvalue weighted by Crippen LogP contribution is 2.24. The molecule has 0 bridgehead atoms. The van der Waals surface area contributed by atoms with Crippen LogP contribution in [0.3, 0.4) is 0 Å². The van der Waals surface area contributed by atoms with Gasteiger partial charge in [0.2, 0.25) is 11.9 Å². The van der Waals surface area contributed by atoms with Gasteiger partial charge in [-0.25, -0.2) is 19.4 Å². The largest absolute Gasteiger partial charge is 0.508 e. The van der Waals surface area contributed by atoms with Gasteiger partial charge in [-0.3, -0.25) is 20.2 Å². The van der Waals surface area contributed by atoms with Gasteiger partial charge in [-0.15, -0.1) is 0 Å².